The van der Waals surface area contributed by atoms with Crippen molar-refractivity contribution in [3.8, 4) is 0 Å². The summed E-state index contributed by atoms with van der Waals surface area (Å²) in [4.78, 5) is 22.8. The van der Waals surface area contributed by atoms with Gasteiger partial charge in [-0.1, -0.05) is 23.2 Å². The summed E-state index contributed by atoms with van der Waals surface area (Å²) in [6, 6.07) is 3.09. The highest BCUT2D eigenvalue weighted by molar-refractivity contribution is 6.34. The number of nitrogens with zero attached hydrogens (tertiary/aromatic N) is 2. The lowest BCUT2D eigenvalue weighted by Crippen LogP contribution is -2.25. The minimum Gasteiger partial charge on any atom is -0.352 e. The van der Waals surface area contributed by atoms with Crippen molar-refractivity contribution in [1.82, 2.24) is 20.3 Å². The number of carbonyl (C=O) groups is 1. The topological polar surface area (TPSA) is 70.7 Å². The summed E-state index contributed by atoms with van der Waals surface area (Å²) in [5, 5.41) is 3.14. The summed E-state index contributed by atoms with van der Waals surface area (Å²) < 4.78 is 0. The summed E-state index contributed by atoms with van der Waals surface area (Å²) in [6.45, 7) is 0.540. The smallest absolute Gasteiger partial charge is 0.254 e. The highest BCUT2D eigenvalue weighted by Gasteiger charge is 2.11. The zero-order chi connectivity index (χ0) is 13.7. The number of nitrogens with one attached hydrogen (secondary N) is 2. The van der Waals surface area contributed by atoms with E-state index in [4.69, 9.17) is 23.2 Å². The molecule has 2 rings (SSSR count). The molecule has 100 valence electrons. The van der Waals surface area contributed by atoms with E-state index < -0.39 is 0 Å². The van der Waals surface area contributed by atoms with Gasteiger partial charge < -0.3 is 10.3 Å². The van der Waals surface area contributed by atoms with E-state index in [0.717, 1.165) is 18.7 Å². The number of imidazole rings is 1. The van der Waals surface area contributed by atoms with Gasteiger partial charge in [-0.05, 0) is 18.6 Å². The first-order valence-corrected chi connectivity index (χ1v) is 6.51. The van der Waals surface area contributed by atoms with Crippen molar-refractivity contribution in [2.24, 2.45) is 0 Å². The van der Waals surface area contributed by atoms with E-state index in [0.29, 0.717) is 12.1 Å². The summed E-state index contributed by atoms with van der Waals surface area (Å²) in [7, 11) is 0. The Hall–Kier alpha value is -1.59. The van der Waals surface area contributed by atoms with Crippen molar-refractivity contribution in [3.05, 3.63) is 46.2 Å². The van der Waals surface area contributed by atoms with Crippen LogP contribution in [0.25, 0.3) is 0 Å². The molecule has 1 amide bonds. The summed E-state index contributed by atoms with van der Waals surface area (Å²) in [5.41, 5.74) is 0.323. The number of aromatic nitrogens is 3. The predicted molar refractivity (Wildman–Crippen MR) is 73.5 cm³/mol. The molecule has 0 spiro atoms. The van der Waals surface area contributed by atoms with Crippen LogP contribution < -0.4 is 5.32 Å². The Bertz CT molecular complexity index is 557. The predicted octanol–water partition coefficient (Wildman–Crippen LogP) is 2.47. The molecule has 2 aromatic heterocycles. The molecule has 0 saturated carbocycles. The molecule has 0 unspecified atom stereocenters. The van der Waals surface area contributed by atoms with Crippen LogP contribution in [-0.4, -0.2) is 27.4 Å². The normalized spacial score (nSPS) is 10.4. The molecule has 0 aliphatic heterocycles. The molecular formula is C12H12Cl2N4O. The number of halogens is 2. The Morgan fingerprint density at radius 2 is 2.21 bits per heavy atom. The van der Waals surface area contributed by atoms with Gasteiger partial charge in [-0.2, -0.15) is 0 Å². The van der Waals surface area contributed by atoms with E-state index in [1.165, 1.54) is 6.07 Å². The standard InChI is InChI=1S/C12H12Cl2N4O/c13-9-4-3-8(11(14)18-9)12(19)17-5-1-2-10-15-6-7-16-10/h3-4,6-7H,1-2,5H2,(H,15,16)(H,17,19). The SMILES string of the molecule is O=C(NCCCc1ncc[nH]1)c1ccc(Cl)nc1Cl. The van der Waals surface area contributed by atoms with Gasteiger partial charge in [-0.15, -0.1) is 0 Å². The van der Waals surface area contributed by atoms with Crippen LogP contribution in [0, 0.1) is 0 Å². The van der Waals surface area contributed by atoms with Gasteiger partial charge in [0.15, 0.2) is 0 Å². The van der Waals surface area contributed by atoms with Gasteiger partial charge in [-0.25, -0.2) is 9.97 Å². The maximum Gasteiger partial charge on any atom is 0.254 e. The fraction of sp³-hybridized carbons (Fsp3) is 0.250. The number of aromatic amines is 1. The molecule has 2 aromatic rings. The van der Waals surface area contributed by atoms with E-state index in [1.54, 1.807) is 18.5 Å². The van der Waals surface area contributed by atoms with Crippen molar-refractivity contribution in [1.29, 1.82) is 0 Å². The van der Waals surface area contributed by atoms with Crippen molar-refractivity contribution < 1.29 is 4.79 Å². The number of hydrogen-bond donors (Lipinski definition) is 2. The van der Waals surface area contributed by atoms with Gasteiger partial charge in [0, 0.05) is 25.4 Å². The lowest BCUT2D eigenvalue weighted by molar-refractivity contribution is 0.0953. The average Bonchev–Trinajstić information content (AvgIpc) is 2.87. The van der Waals surface area contributed by atoms with Crippen molar-refractivity contribution in [3.63, 3.8) is 0 Å². The van der Waals surface area contributed by atoms with E-state index in [2.05, 4.69) is 20.3 Å². The van der Waals surface area contributed by atoms with E-state index in [-0.39, 0.29) is 16.2 Å². The van der Waals surface area contributed by atoms with Crippen molar-refractivity contribution in [2.75, 3.05) is 6.54 Å². The quantitative estimate of drug-likeness (QED) is 0.658. The summed E-state index contributed by atoms with van der Waals surface area (Å²) >= 11 is 11.5. The minimum atomic E-state index is -0.256. The van der Waals surface area contributed by atoms with Crippen LogP contribution >= 0.6 is 23.2 Å². The van der Waals surface area contributed by atoms with Gasteiger partial charge >= 0.3 is 0 Å². The third-order valence-corrected chi connectivity index (χ3v) is 2.99. The highest BCUT2D eigenvalue weighted by atomic mass is 35.5. The maximum absolute atomic E-state index is 11.8. The third-order valence-electron chi connectivity index (χ3n) is 2.49. The fourth-order valence-corrected chi connectivity index (χ4v) is 2.00. The van der Waals surface area contributed by atoms with Crippen molar-refractivity contribution >= 4 is 29.1 Å². The molecule has 5 nitrogen and oxygen atoms in total. The van der Waals surface area contributed by atoms with E-state index >= 15 is 0 Å². The Kier molecular flexibility index (Phi) is 4.76. The van der Waals surface area contributed by atoms with Crippen molar-refractivity contribution in [2.45, 2.75) is 12.8 Å². The van der Waals surface area contributed by atoms with Crippen LogP contribution in [0.2, 0.25) is 10.3 Å². The lowest BCUT2D eigenvalue weighted by Gasteiger charge is -2.05. The number of pyridine rings is 1. The second kappa shape index (κ2) is 6.54. The number of carbonyl (C=O) groups excluding carboxylic acids is 1. The van der Waals surface area contributed by atoms with Gasteiger partial charge in [-0.3, -0.25) is 4.79 Å². The second-order valence-electron chi connectivity index (χ2n) is 3.87. The first-order chi connectivity index (χ1) is 9.16. The zero-order valence-electron chi connectivity index (χ0n) is 9.99. The molecule has 2 heterocycles. The molecule has 0 aliphatic rings. The van der Waals surface area contributed by atoms with Crippen LogP contribution in [0.5, 0.6) is 0 Å². The number of amides is 1. The van der Waals surface area contributed by atoms with E-state index in [1.807, 2.05) is 0 Å². The highest BCUT2D eigenvalue weighted by Crippen LogP contribution is 2.16. The summed E-state index contributed by atoms with van der Waals surface area (Å²) in [6.07, 6.45) is 5.04. The lowest BCUT2D eigenvalue weighted by atomic mass is 10.2. The molecular weight excluding hydrogens is 287 g/mol. The molecule has 0 fully saturated rings. The summed E-state index contributed by atoms with van der Waals surface area (Å²) in [5.74, 6) is 0.647. The number of aryl methyl sites for hydroxylation is 1. The Morgan fingerprint density at radius 1 is 1.37 bits per heavy atom. The molecule has 7 heteroatoms. The Balaban J connectivity index is 1.81. The Morgan fingerprint density at radius 3 is 2.89 bits per heavy atom. The van der Waals surface area contributed by atoms with Gasteiger partial charge in [0.2, 0.25) is 0 Å². The molecule has 0 aromatic carbocycles. The number of H-pyrrole nitrogens is 1. The van der Waals surface area contributed by atoms with Gasteiger partial charge in [0.25, 0.3) is 5.91 Å². The Labute approximate surface area is 120 Å². The first kappa shape index (κ1) is 13.8. The minimum absolute atomic E-state index is 0.107. The van der Waals surface area contributed by atoms with Crippen LogP contribution in [0.4, 0.5) is 0 Å². The maximum atomic E-state index is 11.8. The van der Waals surface area contributed by atoms with E-state index in [9.17, 15) is 4.79 Å². The van der Waals surface area contributed by atoms with Gasteiger partial charge in [0.1, 0.15) is 16.1 Å². The van der Waals surface area contributed by atoms with Gasteiger partial charge in [0.05, 0.1) is 5.56 Å². The third kappa shape index (κ3) is 3.94. The first-order valence-electron chi connectivity index (χ1n) is 5.75. The molecule has 0 saturated heterocycles. The molecule has 0 atom stereocenters. The number of rotatable bonds is 5. The zero-order valence-corrected chi connectivity index (χ0v) is 11.5. The monoisotopic (exact) mass is 298 g/mol. The fourth-order valence-electron chi connectivity index (χ4n) is 1.57. The van der Waals surface area contributed by atoms with Crippen LogP contribution in [0.1, 0.15) is 22.6 Å². The van der Waals surface area contributed by atoms with Crippen LogP contribution in [-0.2, 0) is 6.42 Å². The molecule has 0 radical (unpaired) electrons. The molecule has 2 N–H and O–H groups in total. The van der Waals surface area contributed by atoms with Crippen LogP contribution in [0.15, 0.2) is 24.5 Å². The molecule has 0 bridgehead atoms. The average molecular weight is 299 g/mol. The van der Waals surface area contributed by atoms with Crippen LogP contribution in [0.3, 0.4) is 0 Å². The molecule has 0 aliphatic carbocycles. The molecule has 19 heavy (non-hydrogen) atoms. The largest absolute Gasteiger partial charge is 0.352 e. The number of hydrogen-bond acceptors (Lipinski definition) is 3. The second-order valence-corrected chi connectivity index (χ2v) is 4.61.